The molecule has 0 bridgehead atoms. The maximum absolute atomic E-state index is 14.5. The van der Waals surface area contributed by atoms with Gasteiger partial charge in [0.25, 0.3) is 0 Å². The Morgan fingerprint density at radius 1 is 0.963 bits per heavy atom. The van der Waals surface area contributed by atoms with Gasteiger partial charge in [0.1, 0.15) is 0 Å². The SMILES string of the molecule is CC/C(C#C/C(C)=C/C=C(C)C)=C(F)\C(F)=C(/C)c1ccc(O)c(F)c1F. The summed E-state index contributed by atoms with van der Waals surface area (Å²) in [6.07, 6.45) is 3.74. The molecule has 0 amide bonds. The molecule has 0 unspecified atom stereocenters. The van der Waals surface area contributed by atoms with Crippen LogP contribution in [0, 0.1) is 23.5 Å². The number of rotatable bonds is 4. The second-order valence-electron chi connectivity index (χ2n) is 6.19. The Bertz CT molecular complexity index is 902. The van der Waals surface area contributed by atoms with Gasteiger partial charge >= 0.3 is 0 Å². The summed E-state index contributed by atoms with van der Waals surface area (Å²) in [6, 6.07) is 1.86. The van der Waals surface area contributed by atoms with Crippen LogP contribution in [0.3, 0.4) is 0 Å². The molecule has 0 fully saturated rings. The minimum atomic E-state index is -1.51. The molecule has 0 heterocycles. The monoisotopic (exact) mass is 378 g/mol. The third-order valence-corrected chi connectivity index (χ3v) is 3.68. The van der Waals surface area contributed by atoms with Crippen LogP contribution in [0.25, 0.3) is 5.57 Å². The lowest BCUT2D eigenvalue weighted by atomic mass is 10.0. The molecule has 1 N–H and O–H groups in total. The maximum atomic E-state index is 14.5. The van der Waals surface area contributed by atoms with Gasteiger partial charge in [-0.2, -0.15) is 4.39 Å². The predicted molar refractivity (Wildman–Crippen MR) is 101 cm³/mol. The van der Waals surface area contributed by atoms with Crippen LogP contribution in [0.1, 0.15) is 46.6 Å². The average Bonchev–Trinajstić information content (AvgIpc) is 2.63. The first-order valence-electron chi connectivity index (χ1n) is 8.36. The first kappa shape index (κ1) is 22.3. The van der Waals surface area contributed by atoms with Crippen molar-refractivity contribution >= 4 is 5.57 Å². The average molecular weight is 378 g/mol. The largest absolute Gasteiger partial charge is 0.505 e. The first-order valence-corrected chi connectivity index (χ1v) is 8.36. The van der Waals surface area contributed by atoms with E-state index in [0.29, 0.717) is 5.57 Å². The molecule has 0 saturated carbocycles. The Kier molecular flexibility index (Phi) is 8.11. The number of aromatic hydroxyl groups is 1. The number of phenols is 1. The summed E-state index contributed by atoms with van der Waals surface area (Å²) in [6.45, 7) is 8.32. The molecule has 0 radical (unpaired) electrons. The minimum absolute atomic E-state index is 0.0866. The molecule has 0 aromatic heterocycles. The van der Waals surface area contributed by atoms with Gasteiger partial charge in [0, 0.05) is 11.1 Å². The van der Waals surface area contributed by atoms with Crippen LogP contribution < -0.4 is 0 Å². The second-order valence-corrected chi connectivity index (χ2v) is 6.19. The molecule has 1 nitrogen and oxygen atoms in total. The van der Waals surface area contributed by atoms with Gasteiger partial charge in [-0.1, -0.05) is 36.5 Å². The highest BCUT2D eigenvalue weighted by atomic mass is 19.2. The van der Waals surface area contributed by atoms with E-state index in [4.69, 9.17) is 5.11 Å². The van der Waals surface area contributed by atoms with E-state index in [2.05, 4.69) is 11.8 Å². The lowest BCUT2D eigenvalue weighted by molar-refractivity contribution is 0.406. The van der Waals surface area contributed by atoms with Gasteiger partial charge in [-0.15, -0.1) is 0 Å². The molecular weight excluding hydrogens is 356 g/mol. The molecule has 1 aromatic rings. The van der Waals surface area contributed by atoms with Crippen molar-refractivity contribution in [1.29, 1.82) is 0 Å². The summed E-state index contributed by atoms with van der Waals surface area (Å²) in [5.74, 6) is -1.07. The Hall–Kier alpha value is -2.74. The van der Waals surface area contributed by atoms with Gasteiger partial charge in [-0.3, -0.25) is 0 Å². The molecule has 5 heteroatoms. The predicted octanol–water partition coefficient (Wildman–Crippen LogP) is 6.92. The number of halogens is 4. The van der Waals surface area contributed by atoms with Crippen molar-refractivity contribution in [2.45, 2.75) is 41.0 Å². The van der Waals surface area contributed by atoms with Gasteiger partial charge in [0.05, 0.1) is 0 Å². The fraction of sp³-hybridized carbons (Fsp3) is 0.273. The molecule has 1 rings (SSSR count). The number of allylic oxidation sites excluding steroid dienone is 8. The number of hydrogen-bond acceptors (Lipinski definition) is 1. The van der Waals surface area contributed by atoms with Crippen LogP contribution in [0.5, 0.6) is 5.75 Å². The van der Waals surface area contributed by atoms with Crippen LogP contribution in [-0.2, 0) is 0 Å². The molecule has 0 aliphatic rings. The number of benzene rings is 1. The van der Waals surface area contributed by atoms with Crippen molar-refractivity contribution in [2.24, 2.45) is 0 Å². The van der Waals surface area contributed by atoms with Gasteiger partial charge in [-0.05, 0) is 57.4 Å². The normalized spacial score (nSPS) is 13.3. The van der Waals surface area contributed by atoms with Crippen molar-refractivity contribution in [2.75, 3.05) is 0 Å². The second kappa shape index (κ2) is 9.82. The summed E-state index contributed by atoms with van der Waals surface area (Å²) < 4.78 is 56.4. The van der Waals surface area contributed by atoms with E-state index in [1.165, 1.54) is 0 Å². The van der Waals surface area contributed by atoms with Crippen molar-refractivity contribution in [1.82, 2.24) is 0 Å². The first-order chi connectivity index (χ1) is 12.6. The van der Waals surface area contributed by atoms with Crippen molar-refractivity contribution in [3.63, 3.8) is 0 Å². The summed E-state index contributed by atoms with van der Waals surface area (Å²) in [7, 11) is 0. The molecule has 0 aliphatic carbocycles. The smallest absolute Gasteiger partial charge is 0.200 e. The Balaban J connectivity index is 3.40. The molecule has 0 atom stereocenters. The van der Waals surface area contributed by atoms with E-state index in [0.717, 1.165) is 24.6 Å². The van der Waals surface area contributed by atoms with Crippen LogP contribution >= 0.6 is 0 Å². The van der Waals surface area contributed by atoms with Crippen molar-refractivity contribution < 1.29 is 22.7 Å². The zero-order valence-electron chi connectivity index (χ0n) is 16.0. The lowest BCUT2D eigenvalue weighted by Crippen LogP contribution is -1.96. The third-order valence-electron chi connectivity index (χ3n) is 3.68. The Morgan fingerprint density at radius 2 is 1.59 bits per heavy atom. The zero-order chi connectivity index (χ0) is 20.7. The summed E-state index contributed by atoms with van der Waals surface area (Å²) in [4.78, 5) is 0. The summed E-state index contributed by atoms with van der Waals surface area (Å²) >= 11 is 0. The highest BCUT2D eigenvalue weighted by Gasteiger charge is 2.19. The van der Waals surface area contributed by atoms with E-state index in [-0.39, 0.29) is 12.0 Å². The maximum Gasteiger partial charge on any atom is 0.200 e. The van der Waals surface area contributed by atoms with Gasteiger partial charge < -0.3 is 5.11 Å². The van der Waals surface area contributed by atoms with Gasteiger partial charge in [0.15, 0.2) is 23.2 Å². The van der Waals surface area contributed by atoms with Crippen LogP contribution in [0.4, 0.5) is 17.6 Å². The molecular formula is C22H22F4O. The van der Waals surface area contributed by atoms with Crippen molar-refractivity contribution in [3.05, 3.63) is 69.9 Å². The fourth-order valence-corrected chi connectivity index (χ4v) is 2.05. The van der Waals surface area contributed by atoms with Gasteiger partial charge in [-0.25, -0.2) is 13.2 Å². The summed E-state index contributed by atoms with van der Waals surface area (Å²) in [5, 5.41) is 9.14. The molecule has 144 valence electrons. The van der Waals surface area contributed by atoms with Crippen LogP contribution in [0.2, 0.25) is 0 Å². The number of phenolic OH excluding ortho intramolecular Hbond substituents is 1. The number of hydrogen-bond donors (Lipinski definition) is 1. The van der Waals surface area contributed by atoms with E-state index >= 15 is 0 Å². The minimum Gasteiger partial charge on any atom is -0.505 e. The summed E-state index contributed by atoms with van der Waals surface area (Å²) in [5.41, 5.74) is 0.759. The topological polar surface area (TPSA) is 20.2 Å². The molecule has 0 spiro atoms. The molecule has 0 saturated heterocycles. The molecule has 27 heavy (non-hydrogen) atoms. The quantitative estimate of drug-likeness (QED) is 0.342. The lowest BCUT2D eigenvalue weighted by Gasteiger charge is -2.08. The molecule has 1 aromatic carbocycles. The van der Waals surface area contributed by atoms with E-state index in [1.807, 2.05) is 19.9 Å². The van der Waals surface area contributed by atoms with Crippen molar-refractivity contribution in [3.8, 4) is 17.6 Å². The van der Waals surface area contributed by atoms with Crippen LogP contribution in [0.15, 0.2) is 52.7 Å². The van der Waals surface area contributed by atoms with Crippen LogP contribution in [-0.4, -0.2) is 5.11 Å². The highest BCUT2D eigenvalue weighted by Crippen LogP contribution is 2.32. The zero-order valence-corrected chi connectivity index (χ0v) is 16.0. The standard InChI is InChI=1S/C22H22F4O/c1-6-16(10-9-14(4)8-7-13(2)3)20(24)19(23)15(5)17-11-12-18(27)22(26)21(17)25/h7-8,11-12,27H,6H2,1-5H3/b14-8+,19-15-,20-16-. The molecule has 0 aliphatic heterocycles. The van der Waals surface area contributed by atoms with E-state index in [1.54, 1.807) is 19.9 Å². The third kappa shape index (κ3) is 5.89. The van der Waals surface area contributed by atoms with E-state index < -0.39 is 40.2 Å². The fourth-order valence-electron chi connectivity index (χ4n) is 2.05. The Morgan fingerprint density at radius 3 is 2.15 bits per heavy atom. The van der Waals surface area contributed by atoms with E-state index in [9.17, 15) is 17.6 Å². The highest BCUT2D eigenvalue weighted by molar-refractivity contribution is 5.70. The van der Waals surface area contributed by atoms with Gasteiger partial charge in [0.2, 0.25) is 5.82 Å². The Labute approximate surface area is 157 Å².